The monoisotopic (exact) mass is 266 g/mol. The Hall–Kier alpha value is -1.64. The van der Waals surface area contributed by atoms with Crippen molar-refractivity contribution in [2.45, 2.75) is 11.8 Å². The first-order valence-corrected chi connectivity index (χ1v) is 7.45. The van der Waals surface area contributed by atoms with Gasteiger partial charge in [-0.2, -0.15) is 0 Å². The highest BCUT2D eigenvalue weighted by Crippen LogP contribution is 2.19. The van der Waals surface area contributed by atoms with Crippen LogP contribution in [-0.2, 0) is 0 Å². The third-order valence-electron chi connectivity index (χ3n) is 4.10. The van der Waals surface area contributed by atoms with E-state index in [1.165, 1.54) is 11.1 Å². The molecule has 20 heavy (non-hydrogen) atoms. The van der Waals surface area contributed by atoms with E-state index >= 15 is 0 Å². The average Bonchev–Trinajstić information content (AvgIpc) is 2.49. The summed E-state index contributed by atoms with van der Waals surface area (Å²) in [6.07, 6.45) is 0. The van der Waals surface area contributed by atoms with Gasteiger partial charge in [-0.15, -0.1) is 0 Å². The zero-order valence-corrected chi connectivity index (χ0v) is 11.8. The molecular weight excluding hydrogens is 244 g/mol. The number of nitrogens with one attached hydrogen (secondary N) is 2. The zero-order valence-electron chi connectivity index (χ0n) is 11.8. The van der Waals surface area contributed by atoms with Gasteiger partial charge in [-0.05, 0) is 11.1 Å². The van der Waals surface area contributed by atoms with E-state index in [0.29, 0.717) is 11.8 Å². The maximum atomic E-state index is 3.64. The molecule has 0 unspecified atom stereocenters. The summed E-state index contributed by atoms with van der Waals surface area (Å²) in [6, 6.07) is 21.6. The predicted octanol–water partition coefficient (Wildman–Crippen LogP) is 2.75. The Bertz CT molecular complexity index is 452. The van der Waals surface area contributed by atoms with E-state index in [1.807, 2.05) is 0 Å². The molecule has 2 N–H and O–H groups in total. The van der Waals surface area contributed by atoms with Crippen LogP contribution in [0.1, 0.15) is 23.0 Å². The molecule has 2 aromatic rings. The number of benzene rings is 2. The highest BCUT2D eigenvalue weighted by molar-refractivity contribution is 5.23. The van der Waals surface area contributed by atoms with E-state index in [9.17, 15) is 0 Å². The van der Waals surface area contributed by atoms with Crippen LogP contribution in [0.4, 0.5) is 0 Å². The van der Waals surface area contributed by atoms with E-state index in [2.05, 4.69) is 71.3 Å². The molecule has 1 heterocycles. The summed E-state index contributed by atoms with van der Waals surface area (Å²) in [7, 11) is 0. The van der Waals surface area contributed by atoms with Crippen molar-refractivity contribution in [3.05, 3.63) is 71.8 Å². The third kappa shape index (κ3) is 3.27. The zero-order chi connectivity index (χ0) is 13.6. The summed E-state index contributed by atoms with van der Waals surface area (Å²) in [4.78, 5) is 0. The van der Waals surface area contributed by atoms with Gasteiger partial charge in [0.2, 0.25) is 0 Å². The molecule has 2 aromatic carbocycles. The Kier molecular flexibility index (Phi) is 4.46. The van der Waals surface area contributed by atoms with Crippen molar-refractivity contribution >= 4 is 0 Å². The fourth-order valence-electron chi connectivity index (χ4n) is 2.93. The molecule has 0 bridgehead atoms. The van der Waals surface area contributed by atoms with Crippen LogP contribution in [0.25, 0.3) is 0 Å². The maximum absolute atomic E-state index is 3.64. The summed E-state index contributed by atoms with van der Waals surface area (Å²) >= 11 is 0. The summed E-state index contributed by atoms with van der Waals surface area (Å²) in [5.74, 6) is 1.13. The van der Waals surface area contributed by atoms with E-state index in [4.69, 9.17) is 0 Å². The first-order chi connectivity index (χ1) is 9.93. The molecule has 2 heteroatoms. The Morgan fingerprint density at radius 2 is 0.900 bits per heavy atom. The minimum absolute atomic E-state index is 0.563. The Labute approximate surface area is 121 Å². The van der Waals surface area contributed by atoms with Gasteiger partial charge >= 0.3 is 0 Å². The molecule has 0 atom stereocenters. The quantitative estimate of drug-likeness (QED) is 0.873. The van der Waals surface area contributed by atoms with Gasteiger partial charge < -0.3 is 10.6 Å². The smallest absolute Gasteiger partial charge is 0.00885 e. The molecule has 0 aromatic heterocycles. The van der Waals surface area contributed by atoms with E-state index in [1.54, 1.807) is 0 Å². The first kappa shape index (κ1) is 13.3. The van der Waals surface area contributed by atoms with Crippen LogP contribution in [0, 0.1) is 0 Å². The summed E-state index contributed by atoms with van der Waals surface area (Å²) < 4.78 is 0. The van der Waals surface area contributed by atoms with E-state index in [-0.39, 0.29) is 0 Å². The van der Waals surface area contributed by atoms with Gasteiger partial charge in [0.1, 0.15) is 0 Å². The lowest BCUT2D eigenvalue weighted by molar-refractivity contribution is 0.448. The van der Waals surface area contributed by atoms with Gasteiger partial charge in [0.05, 0.1) is 0 Å². The molecule has 104 valence electrons. The standard InChI is InChI=1S/C18H22N2/c1-3-7-15(8-4-1)17-11-19-13-18(14-20-12-17)16-9-5-2-6-10-16/h1-10,17-20H,11-14H2. The summed E-state index contributed by atoms with van der Waals surface area (Å²) in [6.45, 7) is 4.17. The second-order valence-corrected chi connectivity index (χ2v) is 5.53. The van der Waals surface area contributed by atoms with Crippen molar-refractivity contribution in [3.63, 3.8) is 0 Å². The Morgan fingerprint density at radius 1 is 0.550 bits per heavy atom. The minimum atomic E-state index is 0.563. The molecule has 0 radical (unpaired) electrons. The normalized spacial score (nSPS) is 23.8. The lowest BCUT2D eigenvalue weighted by Gasteiger charge is -2.27. The molecule has 0 aliphatic carbocycles. The number of hydrogen-bond acceptors (Lipinski definition) is 2. The third-order valence-corrected chi connectivity index (χ3v) is 4.10. The highest BCUT2D eigenvalue weighted by Gasteiger charge is 2.18. The molecule has 0 spiro atoms. The van der Waals surface area contributed by atoms with Crippen LogP contribution in [-0.4, -0.2) is 26.2 Å². The first-order valence-electron chi connectivity index (χ1n) is 7.45. The molecular formula is C18H22N2. The highest BCUT2D eigenvalue weighted by atomic mass is 14.9. The molecule has 3 rings (SSSR count). The molecule has 0 amide bonds. The molecule has 2 nitrogen and oxygen atoms in total. The number of hydrogen-bond donors (Lipinski definition) is 2. The van der Waals surface area contributed by atoms with Crippen LogP contribution in [0.15, 0.2) is 60.7 Å². The maximum Gasteiger partial charge on any atom is 0.00885 e. The molecule has 1 aliphatic rings. The second kappa shape index (κ2) is 6.69. The molecule has 1 saturated heterocycles. The van der Waals surface area contributed by atoms with Crippen molar-refractivity contribution in [2.75, 3.05) is 26.2 Å². The van der Waals surface area contributed by atoms with Crippen molar-refractivity contribution in [1.82, 2.24) is 10.6 Å². The minimum Gasteiger partial charge on any atom is -0.315 e. The van der Waals surface area contributed by atoms with Gasteiger partial charge in [0.15, 0.2) is 0 Å². The van der Waals surface area contributed by atoms with E-state index < -0.39 is 0 Å². The topological polar surface area (TPSA) is 24.1 Å². The van der Waals surface area contributed by atoms with Crippen LogP contribution in [0.3, 0.4) is 0 Å². The SMILES string of the molecule is c1ccc(C2CNCC(c3ccccc3)CNC2)cc1. The van der Waals surface area contributed by atoms with Gasteiger partial charge in [0.25, 0.3) is 0 Å². The Morgan fingerprint density at radius 3 is 1.25 bits per heavy atom. The van der Waals surface area contributed by atoms with E-state index in [0.717, 1.165) is 26.2 Å². The largest absolute Gasteiger partial charge is 0.315 e. The van der Waals surface area contributed by atoms with Crippen molar-refractivity contribution in [1.29, 1.82) is 0 Å². The summed E-state index contributed by atoms with van der Waals surface area (Å²) in [5, 5.41) is 7.29. The van der Waals surface area contributed by atoms with Gasteiger partial charge in [-0.1, -0.05) is 60.7 Å². The molecule has 1 fully saturated rings. The van der Waals surface area contributed by atoms with Crippen molar-refractivity contribution in [2.24, 2.45) is 0 Å². The van der Waals surface area contributed by atoms with Gasteiger partial charge in [-0.25, -0.2) is 0 Å². The molecule has 1 aliphatic heterocycles. The Balaban J connectivity index is 1.62. The molecule has 0 saturated carbocycles. The van der Waals surface area contributed by atoms with Crippen LogP contribution >= 0.6 is 0 Å². The van der Waals surface area contributed by atoms with Gasteiger partial charge in [0, 0.05) is 38.0 Å². The van der Waals surface area contributed by atoms with Crippen molar-refractivity contribution in [3.8, 4) is 0 Å². The second-order valence-electron chi connectivity index (χ2n) is 5.53. The fraction of sp³-hybridized carbons (Fsp3) is 0.333. The summed E-state index contributed by atoms with van der Waals surface area (Å²) in [5.41, 5.74) is 2.84. The lowest BCUT2D eigenvalue weighted by Crippen LogP contribution is -2.39. The van der Waals surface area contributed by atoms with Crippen molar-refractivity contribution < 1.29 is 0 Å². The number of rotatable bonds is 2. The lowest BCUT2D eigenvalue weighted by atomic mass is 9.94. The van der Waals surface area contributed by atoms with Crippen LogP contribution < -0.4 is 10.6 Å². The van der Waals surface area contributed by atoms with Crippen LogP contribution in [0.2, 0.25) is 0 Å². The van der Waals surface area contributed by atoms with Crippen LogP contribution in [0.5, 0.6) is 0 Å². The fourth-order valence-corrected chi connectivity index (χ4v) is 2.93. The van der Waals surface area contributed by atoms with Gasteiger partial charge in [-0.3, -0.25) is 0 Å². The average molecular weight is 266 g/mol. The predicted molar refractivity (Wildman–Crippen MR) is 84.1 cm³/mol.